The van der Waals surface area contributed by atoms with E-state index in [-0.39, 0.29) is 24.4 Å². The molecule has 0 bridgehead atoms. The van der Waals surface area contributed by atoms with E-state index in [1.807, 2.05) is 67.6 Å². The molecule has 132 valence electrons. The summed E-state index contributed by atoms with van der Waals surface area (Å²) in [5, 5.41) is 3.87. The first-order valence-electron chi connectivity index (χ1n) is 8.52. The number of carbonyl (C=O) groups is 2. The van der Waals surface area contributed by atoms with Crippen molar-refractivity contribution in [2.45, 2.75) is 19.9 Å². The van der Waals surface area contributed by atoms with Gasteiger partial charge in [-0.15, -0.1) is 0 Å². The molecule has 0 aliphatic heterocycles. The highest BCUT2D eigenvalue weighted by Gasteiger charge is 2.19. The van der Waals surface area contributed by atoms with Crippen molar-refractivity contribution in [2.24, 2.45) is 0 Å². The Morgan fingerprint density at radius 2 is 1.77 bits per heavy atom. The zero-order chi connectivity index (χ0) is 18.5. The molecule has 0 aliphatic rings. The van der Waals surface area contributed by atoms with E-state index in [2.05, 4.69) is 10.3 Å². The van der Waals surface area contributed by atoms with Gasteiger partial charge in [0.05, 0.1) is 17.2 Å². The Morgan fingerprint density at radius 3 is 2.50 bits per heavy atom. The van der Waals surface area contributed by atoms with Crippen LogP contribution in [0, 0.1) is 0 Å². The third-order valence-electron chi connectivity index (χ3n) is 4.26. The van der Waals surface area contributed by atoms with Gasteiger partial charge in [0.25, 0.3) is 0 Å². The maximum Gasteiger partial charge on any atom is 0.240 e. The van der Waals surface area contributed by atoms with Crippen LogP contribution in [0.5, 0.6) is 0 Å². The van der Waals surface area contributed by atoms with Crippen molar-refractivity contribution in [3.63, 3.8) is 0 Å². The lowest BCUT2D eigenvalue weighted by molar-refractivity contribution is -0.123. The van der Waals surface area contributed by atoms with E-state index < -0.39 is 0 Å². The quantitative estimate of drug-likeness (QED) is 0.769. The van der Waals surface area contributed by atoms with E-state index in [1.165, 1.54) is 11.8 Å². The van der Waals surface area contributed by atoms with Crippen LogP contribution >= 0.6 is 0 Å². The van der Waals surface area contributed by atoms with Gasteiger partial charge in [-0.2, -0.15) is 0 Å². The zero-order valence-electron chi connectivity index (χ0n) is 14.8. The summed E-state index contributed by atoms with van der Waals surface area (Å²) in [5.41, 5.74) is 2.36. The molecule has 1 atom stereocenters. The molecule has 2 aromatic carbocycles. The third-order valence-corrected chi connectivity index (χ3v) is 4.26. The fourth-order valence-corrected chi connectivity index (χ4v) is 2.93. The van der Waals surface area contributed by atoms with Gasteiger partial charge in [-0.25, -0.2) is 0 Å². The molecular weight excluding hydrogens is 326 g/mol. The number of hydrogen-bond acceptors (Lipinski definition) is 3. The van der Waals surface area contributed by atoms with Crippen molar-refractivity contribution >= 4 is 28.4 Å². The van der Waals surface area contributed by atoms with Crippen molar-refractivity contribution in [1.82, 2.24) is 10.3 Å². The van der Waals surface area contributed by atoms with Crippen LogP contribution in [-0.2, 0) is 9.59 Å². The highest BCUT2D eigenvalue weighted by molar-refractivity contribution is 6.04. The van der Waals surface area contributed by atoms with E-state index in [0.717, 1.165) is 10.9 Å². The minimum atomic E-state index is -0.218. The largest absolute Gasteiger partial charge is 0.348 e. The van der Waals surface area contributed by atoms with Gasteiger partial charge in [-0.1, -0.05) is 48.5 Å². The topological polar surface area (TPSA) is 62.3 Å². The summed E-state index contributed by atoms with van der Waals surface area (Å²) in [6.45, 7) is 3.32. The predicted octanol–water partition coefficient (Wildman–Crippen LogP) is 3.47. The normalized spacial score (nSPS) is 11.8. The molecule has 1 aromatic heterocycles. The van der Waals surface area contributed by atoms with Gasteiger partial charge in [-0.3, -0.25) is 14.6 Å². The molecule has 3 aromatic rings. The molecule has 0 aliphatic carbocycles. The molecule has 1 unspecified atom stereocenters. The van der Waals surface area contributed by atoms with Gasteiger partial charge in [-0.05, 0) is 24.6 Å². The standard InChI is InChI=1S/C21H21N3O2/c1-15(17-8-4-3-5-9-17)23-20(26)14-24(16(2)25)19-12-6-10-18-11-7-13-22-21(18)19/h3-13,15H,14H2,1-2H3,(H,23,26). The van der Waals surface area contributed by atoms with Gasteiger partial charge in [0.2, 0.25) is 11.8 Å². The van der Waals surface area contributed by atoms with Crippen LogP contribution in [-0.4, -0.2) is 23.3 Å². The van der Waals surface area contributed by atoms with Gasteiger partial charge in [0.15, 0.2) is 0 Å². The van der Waals surface area contributed by atoms with Crippen LogP contribution in [0.1, 0.15) is 25.5 Å². The van der Waals surface area contributed by atoms with Crippen LogP contribution < -0.4 is 10.2 Å². The first-order valence-corrected chi connectivity index (χ1v) is 8.52. The van der Waals surface area contributed by atoms with E-state index >= 15 is 0 Å². The highest BCUT2D eigenvalue weighted by Crippen LogP contribution is 2.25. The van der Waals surface area contributed by atoms with Crippen molar-refractivity contribution in [3.8, 4) is 0 Å². The molecule has 2 amide bonds. The molecule has 0 spiro atoms. The second-order valence-corrected chi connectivity index (χ2v) is 6.16. The SMILES string of the molecule is CC(=O)N(CC(=O)NC(C)c1ccccc1)c1cccc2cccnc12. The molecule has 3 rings (SSSR count). The number of benzene rings is 2. The van der Waals surface area contributed by atoms with Crippen molar-refractivity contribution < 1.29 is 9.59 Å². The van der Waals surface area contributed by atoms with Crippen LogP contribution in [0.25, 0.3) is 10.9 Å². The van der Waals surface area contributed by atoms with E-state index in [0.29, 0.717) is 11.2 Å². The minimum Gasteiger partial charge on any atom is -0.348 e. The molecule has 0 saturated carbocycles. The first-order chi connectivity index (χ1) is 12.6. The molecule has 1 N–H and O–H groups in total. The average molecular weight is 347 g/mol. The second kappa shape index (κ2) is 7.78. The lowest BCUT2D eigenvalue weighted by Crippen LogP contribution is -2.40. The summed E-state index contributed by atoms with van der Waals surface area (Å²) >= 11 is 0. The summed E-state index contributed by atoms with van der Waals surface area (Å²) in [4.78, 5) is 30.6. The second-order valence-electron chi connectivity index (χ2n) is 6.16. The van der Waals surface area contributed by atoms with Crippen molar-refractivity contribution in [1.29, 1.82) is 0 Å². The molecule has 0 radical (unpaired) electrons. The van der Waals surface area contributed by atoms with Crippen LogP contribution in [0.3, 0.4) is 0 Å². The lowest BCUT2D eigenvalue weighted by atomic mass is 10.1. The van der Waals surface area contributed by atoms with Gasteiger partial charge in [0.1, 0.15) is 6.54 Å². The number of nitrogens with zero attached hydrogens (tertiary/aromatic N) is 2. The molecule has 26 heavy (non-hydrogen) atoms. The monoisotopic (exact) mass is 347 g/mol. The van der Waals surface area contributed by atoms with Crippen LogP contribution in [0.2, 0.25) is 0 Å². The highest BCUT2D eigenvalue weighted by atomic mass is 16.2. The Balaban J connectivity index is 1.80. The van der Waals surface area contributed by atoms with Gasteiger partial charge < -0.3 is 10.2 Å². The zero-order valence-corrected chi connectivity index (χ0v) is 14.8. The predicted molar refractivity (Wildman–Crippen MR) is 103 cm³/mol. The molecule has 0 saturated heterocycles. The first kappa shape index (κ1) is 17.6. The maximum atomic E-state index is 12.5. The van der Waals surface area contributed by atoms with Gasteiger partial charge >= 0.3 is 0 Å². The number of para-hydroxylation sites is 1. The number of hydrogen-bond donors (Lipinski definition) is 1. The smallest absolute Gasteiger partial charge is 0.240 e. The summed E-state index contributed by atoms with van der Waals surface area (Å²) in [5.74, 6) is -0.421. The fourth-order valence-electron chi connectivity index (χ4n) is 2.93. The molecule has 5 nitrogen and oxygen atoms in total. The van der Waals surface area contributed by atoms with Crippen molar-refractivity contribution in [2.75, 3.05) is 11.4 Å². The number of nitrogens with one attached hydrogen (secondary N) is 1. The summed E-state index contributed by atoms with van der Waals surface area (Å²) in [6, 6.07) is 19.0. The van der Waals surface area contributed by atoms with Gasteiger partial charge in [0, 0.05) is 18.5 Å². The molecular formula is C21H21N3O2. The number of fused-ring (bicyclic) bond motifs is 1. The number of carbonyl (C=O) groups excluding carboxylic acids is 2. The number of amides is 2. The van der Waals surface area contributed by atoms with Crippen LogP contribution in [0.15, 0.2) is 66.9 Å². The Bertz CT molecular complexity index is 919. The summed E-state index contributed by atoms with van der Waals surface area (Å²) in [6.07, 6.45) is 1.68. The molecule has 1 heterocycles. The number of pyridine rings is 1. The Hall–Kier alpha value is -3.21. The summed E-state index contributed by atoms with van der Waals surface area (Å²) < 4.78 is 0. The maximum absolute atomic E-state index is 12.5. The molecule has 0 fully saturated rings. The number of rotatable bonds is 5. The minimum absolute atomic E-state index is 0.0534. The van der Waals surface area contributed by atoms with E-state index in [1.54, 1.807) is 6.20 Å². The lowest BCUT2D eigenvalue weighted by Gasteiger charge is -2.23. The Morgan fingerprint density at radius 1 is 1.04 bits per heavy atom. The fraction of sp³-hybridized carbons (Fsp3) is 0.190. The van der Waals surface area contributed by atoms with E-state index in [9.17, 15) is 9.59 Å². The van der Waals surface area contributed by atoms with Crippen LogP contribution in [0.4, 0.5) is 5.69 Å². The Labute approximate surface area is 152 Å². The summed E-state index contributed by atoms with van der Waals surface area (Å²) in [7, 11) is 0. The van der Waals surface area contributed by atoms with Crippen molar-refractivity contribution in [3.05, 3.63) is 72.4 Å². The third kappa shape index (κ3) is 3.88. The van der Waals surface area contributed by atoms with E-state index in [4.69, 9.17) is 0 Å². The number of anilines is 1. The Kier molecular flexibility index (Phi) is 5.27. The average Bonchev–Trinajstić information content (AvgIpc) is 2.66. The number of aromatic nitrogens is 1. The molecule has 5 heteroatoms.